The number of aromatic nitrogens is 1. The molecule has 0 aliphatic carbocycles. The van der Waals surface area contributed by atoms with Crippen molar-refractivity contribution in [3.63, 3.8) is 0 Å². The van der Waals surface area contributed by atoms with Crippen molar-refractivity contribution in [2.24, 2.45) is 5.73 Å². The highest BCUT2D eigenvalue weighted by atomic mass is 79.9. The number of ether oxygens (including phenoxy) is 2. The van der Waals surface area contributed by atoms with Gasteiger partial charge in [-0.3, -0.25) is 4.79 Å². The highest BCUT2D eigenvalue weighted by Crippen LogP contribution is 2.25. The van der Waals surface area contributed by atoms with Crippen LogP contribution in [0.2, 0.25) is 0 Å². The van der Waals surface area contributed by atoms with Crippen LogP contribution in [0.15, 0.2) is 16.7 Å². The van der Waals surface area contributed by atoms with Crippen LogP contribution >= 0.6 is 15.9 Å². The standard InChI is InChI=1S/C16H21BrFN3O4/c1-16(2,3)25-15(23)21-5-4-12(11(18)8-21)24-14-10(13(19)22)6-9(17)7-20-14/h6-7,11-12H,4-5,8H2,1-3H3,(H2,19,22)/t11-,12-/m1/s1. The first-order valence-electron chi connectivity index (χ1n) is 7.81. The quantitative estimate of drug-likeness (QED) is 0.815. The molecule has 1 fully saturated rings. The molecule has 2 heterocycles. The molecule has 0 spiro atoms. The third kappa shape index (κ3) is 5.29. The van der Waals surface area contributed by atoms with Gasteiger partial charge < -0.3 is 20.1 Å². The van der Waals surface area contributed by atoms with E-state index in [1.54, 1.807) is 20.8 Å². The van der Waals surface area contributed by atoms with Crippen molar-refractivity contribution in [2.75, 3.05) is 13.1 Å². The molecule has 1 aliphatic rings. The van der Waals surface area contributed by atoms with Gasteiger partial charge in [0.25, 0.3) is 5.91 Å². The summed E-state index contributed by atoms with van der Waals surface area (Å²) in [6.45, 7) is 5.37. The molecule has 1 aromatic rings. The number of likely N-dealkylation sites (tertiary alicyclic amines) is 1. The fourth-order valence-corrected chi connectivity index (χ4v) is 2.68. The number of hydrogen-bond acceptors (Lipinski definition) is 5. The molecule has 0 saturated carbocycles. The van der Waals surface area contributed by atoms with Crippen LogP contribution < -0.4 is 10.5 Å². The fraction of sp³-hybridized carbons (Fsp3) is 0.562. The predicted octanol–water partition coefficient (Wildman–Crippen LogP) is 2.67. The highest BCUT2D eigenvalue weighted by molar-refractivity contribution is 9.10. The van der Waals surface area contributed by atoms with E-state index < -0.39 is 29.9 Å². The first-order chi connectivity index (χ1) is 11.6. The van der Waals surface area contributed by atoms with E-state index in [1.807, 2.05) is 0 Å². The van der Waals surface area contributed by atoms with Crippen LogP contribution in [0.25, 0.3) is 0 Å². The summed E-state index contributed by atoms with van der Waals surface area (Å²) in [6, 6.07) is 1.47. The van der Waals surface area contributed by atoms with Crippen LogP contribution in [0.4, 0.5) is 9.18 Å². The molecule has 0 unspecified atom stereocenters. The van der Waals surface area contributed by atoms with Gasteiger partial charge in [-0.1, -0.05) is 0 Å². The second kappa shape index (κ2) is 7.55. The van der Waals surface area contributed by atoms with Crippen LogP contribution in [0, 0.1) is 0 Å². The van der Waals surface area contributed by atoms with E-state index in [0.29, 0.717) is 4.47 Å². The summed E-state index contributed by atoms with van der Waals surface area (Å²) in [5.41, 5.74) is 4.72. The Morgan fingerprint density at radius 2 is 2.12 bits per heavy atom. The number of amides is 2. The summed E-state index contributed by atoms with van der Waals surface area (Å²) < 4.78 is 25.8. The molecule has 2 N–H and O–H groups in total. The van der Waals surface area contributed by atoms with E-state index in [0.717, 1.165) is 0 Å². The molecule has 0 radical (unpaired) electrons. The number of alkyl halides is 1. The second-order valence-corrected chi connectivity index (χ2v) is 7.67. The lowest BCUT2D eigenvalue weighted by molar-refractivity contribution is -0.0115. The van der Waals surface area contributed by atoms with Gasteiger partial charge in [0.05, 0.1) is 6.54 Å². The lowest BCUT2D eigenvalue weighted by atomic mass is 10.1. The zero-order chi connectivity index (χ0) is 18.8. The molecule has 7 nitrogen and oxygen atoms in total. The van der Waals surface area contributed by atoms with Gasteiger partial charge in [-0.05, 0) is 42.8 Å². The van der Waals surface area contributed by atoms with Crippen LogP contribution in [0.3, 0.4) is 0 Å². The normalized spacial score (nSPS) is 20.9. The van der Waals surface area contributed by atoms with E-state index in [9.17, 15) is 14.0 Å². The van der Waals surface area contributed by atoms with Gasteiger partial charge in [0.1, 0.15) is 17.3 Å². The van der Waals surface area contributed by atoms with Gasteiger partial charge in [0.15, 0.2) is 6.17 Å². The van der Waals surface area contributed by atoms with Crippen molar-refractivity contribution in [3.05, 3.63) is 22.3 Å². The third-order valence-corrected chi connectivity index (χ3v) is 3.91. The Hall–Kier alpha value is -1.90. The number of nitrogens with two attached hydrogens (primary N) is 1. The zero-order valence-corrected chi connectivity index (χ0v) is 15.9. The van der Waals surface area contributed by atoms with Gasteiger partial charge >= 0.3 is 6.09 Å². The van der Waals surface area contributed by atoms with E-state index in [4.69, 9.17) is 15.2 Å². The second-order valence-electron chi connectivity index (χ2n) is 6.76. The molecular formula is C16H21BrFN3O4. The van der Waals surface area contributed by atoms with Crippen molar-refractivity contribution < 1.29 is 23.5 Å². The van der Waals surface area contributed by atoms with Gasteiger partial charge in [-0.25, -0.2) is 14.2 Å². The Labute approximate surface area is 153 Å². The number of rotatable bonds is 3. The van der Waals surface area contributed by atoms with Crippen molar-refractivity contribution in [3.8, 4) is 5.88 Å². The van der Waals surface area contributed by atoms with Crippen molar-refractivity contribution in [2.45, 2.75) is 45.1 Å². The lowest BCUT2D eigenvalue weighted by Gasteiger charge is -2.35. The summed E-state index contributed by atoms with van der Waals surface area (Å²) in [4.78, 5) is 28.8. The average molecular weight is 418 g/mol. The lowest BCUT2D eigenvalue weighted by Crippen LogP contribution is -2.50. The smallest absolute Gasteiger partial charge is 0.410 e. The number of piperidine rings is 1. The van der Waals surface area contributed by atoms with Crippen LogP contribution in [-0.4, -0.2) is 52.9 Å². The first kappa shape index (κ1) is 19.4. The largest absolute Gasteiger partial charge is 0.471 e. The predicted molar refractivity (Wildman–Crippen MR) is 92.2 cm³/mol. The number of carbonyl (C=O) groups excluding carboxylic acids is 2. The SMILES string of the molecule is CC(C)(C)OC(=O)N1CC[C@@H](Oc2ncc(Br)cc2C(N)=O)[C@H](F)C1. The maximum absolute atomic E-state index is 14.5. The summed E-state index contributed by atoms with van der Waals surface area (Å²) in [6.07, 6.45) is -1.15. The number of hydrogen-bond donors (Lipinski definition) is 1. The number of pyridine rings is 1. The molecule has 25 heavy (non-hydrogen) atoms. The molecule has 1 saturated heterocycles. The molecule has 1 aromatic heterocycles. The molecule has 9 heteroatoms. The van der Waals surface area contributed by atoms with E-state index >= 15 is 0 Å². The molecular weight excluding hydrogens is 397 g/mol. The maximum Gasteiger partial charge on any atom is 0.410 e. The van der Waals surface area contributed by atoms with Crippen LogP contribution in [0.1, 0.15) is 37.6 Å². The maximum atomic E-state index is 14.5. The number of primary amides is 1. The van der Waals surface area contributed by atoms with Gasteiger partial charge in [0, 0.05) is 23.6 Å². The number of halogens is 2. The molecule has 0 aromatic carbocycles. The number of nitrogens with zero attached hydrogens (tertiary/aromatic N) is 2. The molecule has 138 valence electrons. The van der Waals surface area contributed by atoms with Crippen molar-refractivity contribution in [1.82, 2.24) is 9.88 Å². The molecule has 2 rings (SSSR count). The Balaban J connectivity index is 2.03. The third-order valence-electron chi connectivity index (χ3n) is 3.48. The van der Waals surface area contributed by atoms with E-state index in [1.165, 1.54) is 17.2 Å². The fourth-order valence-electron chi connectivity index (χ4n) is 2.35. The summed E-state index contributed by atoms with van der Waals surface area (Å²) in [5.74, 6) is -0.737. The Morgan fingerprint density at radius 3 is 2.68 bits per heavy atom. The van der Waals surface area contributed by atoms with Crippen LogP contribution in [0.5, 0.6) is 5.88 Å². The Morgan fingerprint density at radius 1 is 1.44 bits per heavy atom. The van der Waals surface area contributed by atoms with E-state index in [2.05, 4.69) is 20.9 Å². The van der Waals surface area contributed by atoms with E-state index in [-0.39, 0.29) is 31.0 Å². The average Bonchev–Trinajstić information content (AvgIpc) is 2.48. The topological polar surface area (TPSA) is 94.8 Å². The minimum absolute atomic E-state index is 0.0194. The molecule has 1 aliphatic heterocycles. The molecule has 2 atom stereocenters. The Kier molecular flexibility index (Phi) is 5.87. The summed E-state index contributed by atoms with van der Waals surface area (Å²) in [5, 5.41) is 0. The highest BCUT2D eigenvalue weighted by Gasteiger charge is 2.35. The minimum Gasteiger partial charge on any atom is -0.471 e. The molecule has 2 amide bonds. The minimum atomic E-state index is -1.44. The van der Waals surface area contributed by atoms with Gasteiger partial charge in [-0.15, -0.1) is 0 Å². The summed E-state index contributed by atoms with van der Waals surface area (Å²) in [7, 11) is 0. The van der Waals surface area contributed by atoms with Gasteiger partial charge in [0.2, 0.25) is 5.88 Å². The van der Waals surface area contributed by atoms with Crippen molar-refractivity contribution in [1.29, 1.82) is 0 Å². The number of carbonyl (C=O) groups is 2. The Bertz CT molecular complexity index is 665. The van der Waals surface area contributed by atoms with Crippen molar-refractivity contribution >= 4 is 27.9 Å². The van der Waals surface area contributed by atoms with Gasteiger partial charge in [-0.2, -0.15) is 0 Å². The molecule has 0 bridgehead atoms. The zero-order valence-electron chi connectivity index (χ0n) is 14.3. The monoisotopic (exact) mass is 417 g/mol. The van der Waals surface area contributed by atoms with Crippen LogP contribution in [-0.2, 0) is 4.74 Å². The summed E-state index contributed by atoms with van der Waals surface area (Å²) >= 11 is 3.19. The first-order valence-corrected chi connectivity index (χ1v) is 8.60.